The van der Waals surface area contributed by atoms with E-state index in [2.05, 4.69) is 38.2 Å². The molecule has 2 atom stereocenters. The molecule has 8 heteroatoms. The molecule has 8 nitrogen and oxygen atoms in total. The molecule has 0 fully saturated rings. The lowest BCUT2D eigenvalue weighted by molar-refractivity contribution is -0.887. The highest BCUT2D eigenvalue weighted by molar-refractivity contribution is 5.72. The molecule has 0 spiro atoms. The summed E-state index contributed by atoms with van der Waals surface area (Å²) in [6.07, 6.45) is 61.7. The molecule has 0 aromatic heterocycles. The third kappa shape index (κ3) is 43.5. The highest BCUT2D eigenvalue weighted by Crippen LogP contribution is 2.14. The number of nitrogens with zero attached hydrogens (tertiary/aromatic N) is 1. The molecule has 0 aliphatic rings. The van der Waals surface area contributed by atoms with Gasteiger partial charge in [0.05, 0.1) is 34.4 Å². The summed E-state index contributed by atoms with van der Waals surface area (Å²) in [6.45, 7) is 4.54. The van der Waals surface area contributed by atoms with Crippen LogP contribution >= 0.6 is 0 Å². The van der Waals surface area contributed by atoms with Crippen molar-refractivity contribution in [3.8, 4) is 0 Å². The Morgan fingerprint density at radius 3 is 1.36 bits per heavy atom. The number of quaternary nitrogens is 1. The molecule has 2 unspecified atom stereocenters. The zero-order valence-corrected chi connectivity index (χ0v) is 41.4. The molecule has 0 saturated heterocycles. The van der Waals surface area contributed by atoms with Crippen LogP contribution in [-0.4, -0.2) is 80.6 Å². The highest BCUT2D eigenvalue weighted by atomic mass is 16.6. The van der Waals surface area contributed by atoms with Crippen LogP contribution in [0.1, 0.15) is 187 Å². The molecular weight excluding hydrogens is 799 g/mol. The molecule has 64 heavy (non-hydrogen) atoms. The monoisotopic (exact) mass is 893 g/mol. The van der Waals surface area contributed by atoms with Gasteiger partial charge in [0.2, 0.25) is 0 Å². The van der Waals surface area contributed by atoms with E-state index in [1.165, 1.54) is 103 Å². The van der Waals surface area contributed by atoms with E-state index in [4.69, 9.17) is 14.2 Å². The number of unbranched alkanes of at least 4 members (excludes halogenated alkanes) is 20. The van der Waals surface area contributed by atoms with E-state index in [9.17, 15) is 19.5 Å². The van der Waals surface area contributed by atoms with Gasteiger partial charge >= 0.3 is 17.9 Å². The number of carbonyl (C=O) groups excluding carboxylic acids is 2. The molecule has 364 valence electrons. The van der Waals surface area contributed by atoms with Crippen molar-refractivity contribution in [3.63, 3.8) is 0 Å². The van der Waals surface area contributed by atoms with Crippen molar-refractivity contribution < 1.29 is 38.2 Å². The molecule has 0 aromatic carbocycles. The fourth-order valence-corrected chi connectivity index (χ4v) is 7.01. The number of likely N-dealkylation sites (N-methyl/N-ethyl adjacent to an activating group) is 1. The van der Waals surface area contributed by atoms with Crippen LogP contribution in [0.3, 0.4) is 0 Å². The van der Waals surface area contributed by atoms with Crippen molar-refractivity contribution in [2.75, 3.05) is 41.0 Å². The molecule has 0 saturated carbocycles. The molecule has 0 aliphatic carbocycles. The maximum Gasteiger partial charge on any atom is 0.362 e. The Labute approximate surface area is 392 Å². The van der Waals surface area contributed by atoms with Crippen LogP contribution in [0, 0.1) is 0 Å². The number of carboxylic acid groups (broad SMARTS) is 1. The van der Waals surface area contributed by atoms with Crippen molar-refractivity contribution in [3.05, 3.63) is 97.2 Å². The predicted molar refractivity (Wildman–Crippen MR) is 270 cm³/mol. The Morgan fingerprint density at radius 1 is 0.484 bits per heavy atom. The number of carboxylic acids is 1. The lowest BCUT2D eigenvalue weighted by Gasteiger charge is -2.31. The second-order valence-electron chi connectivity index (χ2n) is 17.9. The minimum Gasteiger partial charge on any atom is -0.477 e. The second-order valence-corrected chi connectivity index (χ2v) is 17.9. The Hall–Kier alpha value is -3.75. The number of ether oxygens (including phenoxy) is 3. The lowest BCUT2D eigenvalue weighted by atomic mass is 10.1. The predicted octanol–water partition coefficient (Wildman–Crippen LogP) is 14.6. The Balaban J connectivity index is 4.37. The number of allylic oxidation sites excluding steroid dienone is 16. The average Bonchev–Trinajstić information content (AvgIpc) is 3.26. The SMILES string of the molecule is CC/C=C/C=C/C=C/C=C/C=C/C=C/C=C/CCCCCC(=O)OC(COCCC(C(=O)O)[N+](C)(C)C)COC(=O)CCCCCCCCC/C=C/CCCCCCCCCCCC. The summed E-state index contributed by atoms with van der Waals surface area (Å²) < 4.78 is 17.3. The first-order chi connectivity index (χ1) is 31.1. The third-order valence-corrected chi connectivity index (χ3v) is 10.9. The average molecular weight is 893 g/mol. The Bertz CT molecular complexity index is 1360. The van der Waals surface area contributed by atoms with Crippen LogP contribution in [0.25, 0.3) is 0 Å². The number of hydrogen-bond donors (Lipinski definition) is 1. The van der Waals surface area contributed by atoms with Gasteiger partial charge in [0, 0.05) is 19.3 Å². The summed E-state index contributed by atoms with van der Waals surface area (Å²) in [4.78, 5) is 37.1. The summed E-state index contributed by atoms with van der Waals surface area (Å²) in [6, 6.07) is -0.631. The van der Waals surface area contributed by atoms with Gasteiger partial charge in [-0.1, -0.05) is 207 Å². The van der Waals surface area contributed by atoms with E-state index in [0.29, 0.717) is 19.3 Å². The molecule has 0 heterocycles. The van der Waals surface area contributed by atoms with E-state index < -0.39 is 18.1 Å². The maximum atomic E-state index is 12.8. The van der Waals surface area contributed by atoms with Crippen LogP contribution < -0.4 is 0 Å². The fourth-order valence-electron chi connectivity index (χ4n) is 7.01. The van der Waals surface area contributed by atoms with Crippen molar-refractivity contribution in [1.29, 1.82) is 0 Å². The van der Waals surface area contributed by atoms with Gasteiger partial charge in [-0.3, -0.25) is 9.59 Å². The first-order valence-corrected chi connectivity index (χ1v) is 25.4. The first kappa shape index (κ1) is 60.2. The van der Waals surface area contributed by atoms with Gasteiger partial charge in [-0.2, -0.15) is 0 Å². The van der Waals surface area contributed by atoms with Gasteiger partial charge in [0.15, 0.2) is 12.1 Å². The van der Waals surface area contributed by atoms with Crippen LogP contribution in [0.2, 0.25) is 0 Å². The molecule has 0 radical (unpaired) electrons. The molecule has 0 amide bonds. The topological polar surface area (TPSA) is 99.1 Å². The summed E-state index contributed by atoms with van der Waals surface area (Å²) in [5.74, 6) is -1.54. The standard InChI is InChI=1S/C56H93NO7/c1-6-8-10-12-14-16-18-20-22-24-26-27-29-30-32-34-36-38-40-42-44-46-54(58)63-51-52(50-62-49-48-53(56(60)61)57(3,4)5)64-55(59)47-45-43-41-39-37-35-33-31-28-25-23-21-19-17-15-13-11-9-7-2/h9,11,13,15,17,19,21,23,25,27-29,31,33,35,37,52-53H,6-8,10,12,14,16,18,20,22,24,26,30,32,34,36,38-51H2,1-5H3/p+1/b11-9+,15-13+,19-17+,23-21+,28-25+,29-27+,33-31+,37-35+. The van der Waals surface area contributed by atoms with Gasteiger partial charge in [-0.05, 0) is 57.8 Å². The summed E-state index contributed by atoms with van der Waals surface area (Å²) >= 11 is 0. The molecule has 1 N–H and O–H groups in total. The Morgan fingerprint density at radius 2 is 0.891 bits per heavy atom. The molecule has 0 aliphatic heterocycles. The number of esters is 2. The van der Waals surface area contributed by atoms with Gasteiger partial charge in [0.25, 0.3) is 0 Å². The summed E-state index contributed by atoms with van der Waals surface area (Å²) in [5.41, 5.74) is 0. The van der Waals surface area contributed by atoms with Gasteiger partial charge in [-0.25, -0.2) is 4.79 Å². The Kier molecular flexibility index (Phi) is 43.1. The van der Waals surface area contributed by atoms with Gasteiger partial charge in [-0.15, -0.1) is 0 Å². The fraction of sp³-hybridized carbons (Fsp3) is 0.661. The van der Waals surface area contributed by atoms with Crippen molar-refractivity contribution in [1.82, 2.24) is 0 Å². The number of carbonyl (C=O) groups is 3. The summed E-state index contributed by atoms with van der Waals surface area (Å²) in [5, 5.41) is 9.65. The van der Waals surface area contributed by atoms with Gasteiger partial charge < -0.3 is 23.8 Å². The van der Waals surface area contributed by atoms with Gasteiger partial charge in [0.1, 0.15) is 6.61 Å². The first-order valence-electron chi connectivity index (χ1n) is 25.4. The van der Waals surface area contributed by atoms with E-state index in [1.54, 1.807) is 0 Å². The van der Waals surface area contributed by atoms with Crippen LogP contribution in [0.15, 0.2) is 97.2 Å². The molecule has 0 bridgehead atoms. The largest absolute Gasteiger partial charge is 0.477 e. The normalized spacial score (nSPS) is 13.7. The van der Waals surface area contributed by atoms with E-state index in [-0.39, 0.29) is 42.7 Å². The third-order valence-electron chi connectivity index (χ3n) is 10.9. The van der Waals surface area contributed by atoms with Crippen molar-refractivity contribution in [2.24, 2.45) is 0 Å². The zero-order valence-electron chi connectivity index (χ0n) is 41.4. The highest BCUT2D eigenvalue weighted by Gasteiger charge is 2.31. The second kappa shape index (κ2) is 45.8. The van der Waals surface area contributed by atoms with Crippen molar-refractivity contribution >= 4 is 17.9 Å². The minimum absolute atomic E-state index is 0.0350. The van der Waals surface area contributed by atoms with Crippen LogP contribution in [0.5, 0.6) is 0 Å². The molecular formula is C56H94NO7+. The minimum atomic E-state index is -0.887. The quantitative estimate of drug-likeness (QED) is 0.0214. The van der Waals surface area contributed by atoms with E-state index >= 15 is 0 Å². The number of hydrogen-bond acceptors (Lipinski definition) is 6. The van der Waals surface area contributed by atoms with Crippen molar-refractivity contribution in [2.45, 2.75) is 199 Å². The smallest absolute Gasteiger partial charge is 0.362 e. The maximum absolute atomic E-state index is 12.8. The van der Waals surface area contributed by atoms with Crippen LogP contribution in [0.4, 0.5) is 0 Å². The number of aliphatic carboxylic acids is 1. The van der Waals surface area contributed by atoms with E-state index in [0.717, 1.165) is 44.9 Å². The molecule has 0 rings (SSSR count). The summed E-state index contributed by atoms with van der Waals surface area (Å²) in [7, 11) is 5.51. The lowest BCUT2D eigenvalue weighted by Crippen LogP contribution is -2.50. The number of rotatable bonds is 44. The zero-order chi connectivity index (χ0) is 47.0. The van der Waals surface area contributed by atoms with Crippen LogP contribution in [-0.2, 0) is 28.6 Å². The molecule has 0 aromatic rings. The van der Waals surface area contributed by atoms with E-state index in [1.807, 2.05) is 94.1 Å².